The highest BCUT2D eigenvalue weighted by Gasteiger charge is 2.62. The lowest BCUT2D eigenvalue weighted by Crippen LogP contribution is -2.68. The van der Waals surface area contributed by atoms with E-state index >= 15 is 0 Å². The number of alkyl halides is 2. The number of amides is 2. The van der Waals surface area contributed by atoms with Gasteiger partial charge in [0.2, 0.25) is 0 Å². The van der Waals surface area contributed by atoms with Gasteiger partial charge in [-0.3, -0.25) is 0 Å². The maximum atomic E-state index is 13.6. The van der Waals surface area contributed by atoms with Crippen molar-refractivity contribution in [1.29, 1.82) is 0 Å². The number of carboxylic acid groups (broad SMARTS) is 1. The van der Waals surface area contributed by atoms with Gasteiger partial charge >= 0.3 is 12.0 Å². The van der Waals surface area contributed by atoms with E-state index in [1.807, 2.05) is 37.3 Å². The number of methoxy groups -OCH3 is 2. The van der Waals surface area contributed by atoms with Crippen molar-refractivity contribution in [3.8, 4) is 11.5 Å². The van der Waals surface area contributed by atoms with Gasteiger partial charge in [-0.15, -0.1) is 0 Å². The molecule has 1 fully saturated rings. The highest BCUT2D eigenvalue weighted by molar-refractivity contribution is 5.87. The summed E-state index contributed by atoms with van der Waals surface area (Å²) in [4.78, 5) is 26.3. The summed E-state index contributed by atoms with van der Waals surface area (Å²) in [6, 6.07) is 12.8. The number of hydrogen-bond acceptors (Lipinski definition) is 4. The summed E-state index contributed by atoms with van der Waals surface area (Å²) < 4.78 is 37.9. The van der Waals surface area contributed by atoms with E-state index in [1.165, 1.54) is 24.7 Å². The van der Waals surface area contributed by atoms with Crippen LogP contribution < -0.4 is 14.8 Å². The van der Waals surface area contributed by atoms with Crippen molar-refractivity contribution in [3.05, 3.63) is 59.2 Å². The van der Waals surface area contributed by atoms with Gasteiger partial charge in [0, 0.05) is 31.5 Å². The van der Waals surface area contributed by atoms with Crippen LogP contribution in [0, 0.1) is 6.92 Å². The zero-order valence-corrected chi connectivity index (χ0v) is 20.3. The van der Waals surface area contributed by atoms with E-state index in [4.69, 9.17) is 9.47 Å². The van der Waals surface area contributed by atoms with E-state index in [2.05, 4.69) is 5.32 Å². The van der Waals surface area contributed by atoms with Gasteiger partial charge in [0.1, 0.15) is 11.5 Å². The third-order valence-electron chi connectivity index (χ3n) is 6.34. The quantitative estimate of drug-likeness (QED) is 0.442. The molecule has 1 saturated carbocycles. The molecule has 0 heterocycles. The Bertz CT molecular complexity index is 1010. The van der Waals surface area contributed by atoms with Crippen LogP contribution in [0.5, 0.6) is 11.5 Å². The predicted molar refractivity (Wildman–Crippen MR) is 127 cm³/mol. The number of ether oxygens (including phenoxy) is 2. The van der Waals surface area contributed by atoms with Crippen LogP contribution in [0.3, 0.4) is 0 Å². The van der Waals surface area contributed by atoms with Crippen LogP contribution in [-0.2, 0) is 17.8 Å². The molecular formula is C26H32F2N2O5. The van der Waals surface area contributed by atoms with Crippen LogP contribution in [0.25, 0.3) is 0 Å². The molecule has 2 aromatic rings. The fourth-order valence-electron chi connectivity index (χ4n) is 4.39. The number of aliphatic carboxylic acids is 1. The van der Waals surface area contributed by atoms with Crippen molar-refractivity contribution < 1.29 is 33.0 Å². The van der Waals surface area contributed by atoms with E-state index in [9.17, 15) is 23.5 Å². The molecule has 0 aliphatic heterocycles. The Morgan fingerprint density at radius 1 is 1.03 bits per heavy atom. The monoisotopic (exact) mass is 490 g/mol. The summed E-state index contributed by atoms with van der Waals surface area (Å²) in [6.45, 7) is 2.31. The average molecular weight is 491 g/mol. The molecule has 1 aliphatic carbocycles. The van der Waals surface area contributed by atoms with E-state index in [1.54, 1.807) is 12.1 Å². The van der Waals surface area contributed by atoms with Crippen LogP contribution in [0.2, 0.25) is 0 Å². The predicted octanol–water partition coefficient (Wildman–Crippen LogP) is 4.80. The number of benzene rings is 2. The molecule has 3 rings (SSSR count). The third-order valence-corrected chi connectivity index (χ3v) is 6.34. The molecule has 35 heavy (non-hydrogen) atoms. The van der Waals surface area contributed by atoms with Crippen LogP contribution in [0.15, 0.2) is 42.5 Å². The number of aryl methyl sites for hydroxylation is 1. The summed E-state index contributed by atoms with van der Waals surface area (Å²) >= 11 is 0. The van der Waals surface area contributed by atoms with Gasteiger partial charge in [0.05, 0.1) is 14.2 Å². The van der Waals surface area contributed by atoms with Crippen molar-refractivity contribution >= 4 is 12.0 Å². The minimum Gasteiger partial charge on any atom is -0.496 e. The molecule has 0 bridgehead atoms. The topological polar surface area (TPSA) is 88.1 Å². The normalized spacial score (nSPS) is 15.6. The van der Waals surface area contributed by atoms with Crippen molar-refractivity contribution in [2.75, 3.05) is 20.8 Å². The lowest BCUT2D eigenvalue weighted by molar-refractivity contribution is -0.175. The number of carbonyl (C=O) groups is 2. The zero-order valence-electron chi connectivity index (χ0n) is 20.3. The number of carbonyl (C=O) groups excluding carboxylic acids is 1. The standard InChI is InChI=1S/C26H32F2N2O5/c1-18-21(34-2)13-20(14-22(18)35-3)15-30(12-8-7-11-19-9-5-4-6-10-19)24(33)29-25(23(31)32)16-26(27,28)17-25/h4-6,9-10,13-14H,7-8,11-12,15-17H2,1-3H3,(H,29,33)(H,31,32). The Morgan fingerprint density at radius 3 is 2.14 bits per heavy atom. The van der Waals surface area contributed by atoms with E-state index in [0.29, 0.717) is 30.0 Å². The number of unbranched alkanes of at least 4 members (excludes halogenated alkanes) is 1. The average Bonchev–Trinajstić information content (AvgIpc) is 2.80. The Hall–Kier alpha value is -3.36. The second-order valence-corrected chi connectivity index (χ2v) is 9.02. The summed E-state index contributed by atoms with van der Waals surface area (Å²) in [5.41, 5.74) is 0.730. The minimum atomic E-state index is -3.11. The Labute approximate surface area is 204 Å². The fourth-order valence-corrected chi connectivity index (χ4v) is 4.39. The first kappa shape index (κ1) is 26.2. The van der Waals surface area contributed by atoms with Crippen molar-refractivity contribution in [2.24, 2.45) is 0 Å². The molecule has 2 amide bonds. The second-order valence-electron chi connectivity index (χ2n) is 9.02. The molecule has 0 aromatic heterocycles. The first-order valence-electron chi connectivity index (χ1n) is 11.5. The number of hydrogen-bond donors (Lipinski definition) is 2. The summed E-state index contributed by atoms with van der Waals surface area (Å²) in [5, 5.41) is 11.9. The van der Waals surface area contributed by atoms with Gasteiger partial charge in [-0.05, 0) is 49.4 Å². The molecular weight excluding hydrogens is 458 g/mol. The highest BCUT2D eigenvalue weighted by atomic mass is 19.3. The number of urea groups is 1. The highest BCUT2D eigenvalue weighted by Crippen LogP contribution is 2.46. The lowest BCUT2D eigenvalue weighted by Gasteiger charge is -2.44. The first-order valence-corrected chi connectivity index (χ1v) is 11.5. The SMILES string of the molecule is COc1cc(CN(CCCCc2ccccc2)C(=O)NC2(C(=O)O)CC(F)(F)C2)cc(OC)c1C. The van der Waals surface area contributed by atoms with Crippen LogP contribution in [0.1, 0.15) is 42.4 Å². The number of halogens is 2. The molecule has 190 valence electrons. The second kappa shape index (κ2) is 10.9. The Kier molecular flexibility index (Phi) is 8.19. The van der Waals surface area contributed by atoms with Gasteiger partial charge in [-0.1, -0.05) is 30.3 Å². The van der Waals surface area contributed by atoms with Gasteiger partial charge in [-0.2, -0.15) is 0 Å². The van der Waals surface area contributed by atoms with Crippen LogP contribution in [-0.4, -0.2) is 54.2 Å². The number of nitrogens with zero attached hydrogens (tertiary/aromatic N) is 1. The number of rotatable bonds is 11. The molecule has 2 aromatic carbocycles. The van der Waals surface area contributed by atoms with Crippen LogP contribution in [0.4, 0.5) is 13.6 Å². The van der Waals surface area contributed by atoms with Gasteiger partial charge in [-0.25, -0.2) is 18.4 Å². The molecule has 0 radical (unpaired) electrons. The fraction of sp³-hybridized carbons (Fsp3) is 0.462. The smallest absolute Gasteiger partial charge is 0.329 e. The van der Waals surface area contributed by atoms with Crippen molar-refractivity contribution in [3.63, 3.8) is 0 Å². The van der Waals surface area contributed by atoms with E-state index in [-0.39, 0.29) is 6.54 Å². The molecule has 0 spiro atoms. The summed E-state index contributed by atoms with van der Waals surface area (Å²) in [6.07, 6.45) is 0.438. The maximum absolute atomic E-state index is 13.6. The first-order chi connectivity index (χ1) is 16.6. The summed E-state index contributed by atoms with van der Waals surface area (Å²) in [5.74, 6) is -3.39. The minimum absolute atomic E-state index is 0.135. The third kappa shape index (κ3) is 6.41. The molecule has 0 unspecified atom stereocenters. The van der Waals surface area contributed by atoms with Crippen molar-refractivity contribution in [2.45, 2.75) is 57.0 Å². The van der Waals surface area contributed by atoms with Crippen LogP contribution >= 0.6 is 0 Å². The molecule has 9 heteroatoms. The van der Waals surface area contributed by atoms with Crippen molar-refractivity contribution in [1.82, 2.24) is 10.2 Å². The number of carboxylic acids is 1. The molecule has 0 saturated heterocycles. The van der Waals surface area contributed by atoms with Gasteiger partial charge in [0.25, 0.3) is 5.92 Å². The lowest BCUT2D eigenvalue weighted by atomic mass is 9.73. The van der Waals surface area contributed by atoms with E-state index in [0.717, 1.165) is 18.4 Å². The molecule has 2 N–H and O–H groups in total. The Morgan fingerprint density at radius 2 is 1.63 bits per heavy atom. The van der Waals surface area contributed by atoms with E-state index < -0.39 is 36.3 Å². The zero-order chi connectivity index (χ0) is 25.6. The largest absolute Gasteiger partial charge is 0.496 e. The molecule has 7 nitrogen and oxygen atoms in total. The molecule has 1 aliphatic rings. The molecule has 0 atom stereocenters. The number of nitrogens with one attached hydrogen (secondary N) is 1. The maximum Gasteiger partial charge on any atom is 0.329 e. The summed E-state index contributed by atoms with van der Waals surface area (Å²) in [7, 11) is 3.07. The van der Waals surface area contributed by atoms with Gasteiger partial charge in [0.15, 0.2) is 5.54 Å². The Balaban J connectivity index is 1.76. The van der Waals surface area contributed by atoms with Gasteiger partial charge < -0.3 is 24.8 Å².